The van der Waals surface area contributed by atoms with Crippen LogP contribution in [0.15, 0.2) is 140 Å². The first-order valence-electron chi connectivity index (χ1n) is 20.5. The van der Waals surface area contributed by atoms with Crippen LogP contribution in [-0.4, -0.2) is 0 Å². The minimum atomic E-state index is 0.117. The van der Waals surface area contributed by atoms with Crippen LogP contribution >= 0.6 is 0 Å². The molecule has 11 rings (SSSR count). The molecule has 0 fully saturated rings. The maximum atomic E-state index is 2.48. The third-order valence-electron chi connectivity index (χ3n) is 12.9. The van der Waals surface area contributed by atoms with Gasteiger partial charge in [0.05, 0.1) is 5.69 Å². The average molecular weight is 734 g/mol. The van der Waals surface area contributed by atoms with Crippen molar-refractivity contribution < 1.29 is 0 Å². The lowest BCUT2D eigenvalue weighted by atomic mass is 9.77. The van der Waals surface area contributed by atoms with Crippen molar-refractivity contribution in [2.45, 2.75) is 66.2 Å². The van der Waals surface area contributed by atoms with Gasteiger partial charge >= 0.3 is 0 Å². The first-order valence-corrected chi connectivity index (χ1v) is 20.5. The van der Waals surface area contributed by atoms with E-state index in [0.29, 0.717) is 0 Å². The van der Waals surface area contributed by atoms with E-state index in [1.165, 1.54) is 127 Å². The minimum absolute atomic E-state index is 0.117. The highest BCUT2D eigenvalue weighted by Crippen LogP contribution is 2.53. The predicted molar refractivity (Wildman–Crippen MR) is 247 cm³/mol. The number of hydrogen-bond donors (Lipinski definition) is 0. The van der Waals surface area contributed by atoms with Crippen LogP contribution in [0.3, 0.4) is 0 Å². The van der Waals surface area contributed by atoms with Crippen molar-refractivity contribution in [3.63, 3.8) is 0 Å². The lowest BCUT2D eigenvalue weighted by Gasteiger charge is -2.30. The van der Waals surface area contributed by atoms with E-state index < -0.39 is 0 Å². The van der Waals surface area contributed by atoms with Gasteiger partial charge < -0.3 is 4.90 Å². The highest BCUT2D eigenvalue weighted by Gasteiger charge is 2.27. The summed E-state index contributed by atoms with van der Waals surface area (Å²) in [7, 11) is 0. The Labute approximate surface area is 336 Å². The van der Waals surface area contributed by atoms with Crippen LogP contribution < -0.4 is 4.90 Å². The smallest absolute Gasteiger partial charge is 0.0519 e. The first-order chi connectivity index (χ1) is 27.3. The standard InChI is InChI=1S/C56H47N/c1-32-10-9-11-33(2)54(32)57(44-18-14-36-26-48-46-24-34-12-16-42(55(3,4)5)20-38(34)28-50(46)52(48)30-40(36)22-44)45-19-15-37-27-49-47-25-35-13-17-43(56(6,7)8)21-39(35)29-51(47)53(49)31-41(37)23-45/h9-31H,1-8H3. The summed E-state index contributed by atoms with van der Waals surface area (Å²) in [6.07, 6.45) is 0. The quantitative estimate of drug-likeness (QED) is 0.175. The molecule has 0 radical (unpaired) electrons. The normalized spacial score (nSPS) is 12.9. The molecule has 2 aliphatic carbocycles. The van der Waals surface area contributed by atoms with Crippen molar-refractivity contribution in [3.8, 4) is 44.5 Å². The van der Waals surface area contributed by atoms with E-state index in [4.69, 9.17) is 0 Å². The Morgan fingerprint density at radius 3 is 0.947 bits per heavy atom. The molecule has 57 heavy (non-hydrogen) atoms. The molecule has 0 aliphatic heterocycles. The number of para-hydroxylation sites is 1. The second kappa shape index (κ2) is 11.7. The van der Waals surface area contributed by atoms with E-state index in [1.807, 2.05) is 0 Å². The number of benzene rings is 9. The molecule has 1 heteroatoms. The van der Waals surface area contributed by atoms with Crippen LogP contribution in [0, 0.1) is 13.8 Å². The summed E-state index contributed by atoms with van der Waals surface area (Å²) in [4.78, 5) is 2.48. The van der Waals surface area contributed by atoms with E-state index in [2.05, 4.69) is 200 Å². The van der Waals surface area contributed by atoms with Crippen LogP contribution in [0.25, 0.3) is 87.6 Å². The lowest BCUT2D eigenvalue weighted by Crippen LogP contribution is -2.13. The summed E-state index contributed by atoms with van der Waals surface area (Å²) >= 11 is 0. The molecule has 9 aromatic carbocycles. The Morgan fingerprint density at radius 1 is 0.316 bits per heavy atom. The van der Waals surface area contributed by atoms with Crippen molar-refractivity contribution in [2.75, 3.05) is 4.90 Å². The fourth-order valence-electron chi connectivity index (χ4n) is 9.60. The highest BCUT2D eigenvalue weighted by atomic mass is 15.1. The number of rotatable bonds is 3. The molecular formula is C56H47N. The Morgan fingerprint density at radius 2 is 0.614 bits per heavy atom. The second-order valence-corrected chi connectivity index (χ2v) is 18.9. The molecule has 0 heterocycles. The molecule has 0 saturated carbocycles. The molecule has 276 valence electrons. The fourth-order valence-corrected chi connectivity index (χ4v) is 9.60. The van der Waals surface area contributed by atoms with Gasteiger partial charge in [-0.25, -0.2) is 0 Å². The minimum Gasteiger partial charge on any atom is -0.310 e. The number of aryl methyl sites for hydroxylation is 2. The third kappa shape index (κ3) is 5.21. The molecule has 0 unspecified atom stereocenters. The molecular weight excluding hydrogens is 687 g/mol. The van der Waals surface area contributed by atoms with Crippen LogP contribution in [0.2, 0.25) is 0 Å². The van der Waals surface area contributed by atoms with Gasteiger partial charge in [-0.15, -0.1) is 0 Å². The lowest BCUT2D eigenvalue weighted by molar-refractivity contribution is 0.591. The number of hydrogen-bond acceptors (Lipinski definition) is 1. The number of anilines is 3. The molecule has 1 nitrogen and oxygen atoms in total. The van der Waals surface area contributed by atoms with Gasteiger partial charge in [0.1, 0.15) is 0 Å². The third-order valence-corrected chi connectivity index (χ3v) is 12.9. The molecule has 0 spiro atoms. The van der Waals surface area contributed by atoms with Gasteiger partial charge in [-0.3, -0.25) is 0 Å². The molecule has 0 aromatic heterocycles. The zero-order valence-electron chi connectivity index (χ0n) is 34.2. The molecule has 0 saturated heterocycles. The van der Waals surface area contributed by atoms with E-state index in [9.17, 15) is 0 Å². The van der Waals surface area contributed by atoms with Gasteiger partial charge in [0.2, 0.25) is 0 Å². The van der Waals surface area contributed by atoms with Gasteiger partial charge in [-0.1, -0.05) is 108 Å². The van der Waals surface area contributed by atoms with E-state index in [-0.39, 0.29) is 10.8 Å². The van der Waals surface area contributed by atoms with Gasteiger partial charge in [0.15, 0.2) is 0 Å². The Kier molecular flexibility index (Phi) is 6.99. The van der Waals surface area contributed by atoms with Crippen LogP contribution in [0.5, 0.6) is 0 Å². The summed E-state index contributed by atoms with van der Waals surface area (Å²) < 4.78 is 0. The Bertz CT molecular complexity index is 3000. The predicted octanol–water partition coefficient (Wildman–Crippen LogP) is 16.3. The van der Waals surface area contributed by atoms with Crippen molar-refractivity contribution >= 4 is 60.2 Å². The maximum absolute atomic E-state index is 2.48. The molecule has 2 aliphatic rings. The van der Waals surface area contributed by atoms with E-state index in [1.54, 1.807) is 0 Å². The fraction of sp³-hybridized carbons (Fsp3) is 0.179. The van der Waals surface area contributed by atoms with Gasteiger partial charge in [-0.05, 0) is 207 Å². The van der Waals surface area contributed by atoms with Crippen LogP contribution in [0.1, 0.15) is 63.8 Å². The highest BCUT2D eigenvalue weighted by molar-refractivity contribution is 6.14. The topological polar surface area (TPSA) is 3.24 Å². The summed E-state index contributed by atoms with van der Waals surface area (Å²) in [6, 6.07) is 53.9. The molecule has 0 N–H and O–H groups in total. The number of fused-ring (bicyclic) bond motifs is 12. The van der Waals surface area contributed by atoms with Crippen LogP contribution in [0.4, 0.5) is 17.1 Å². The first kappa shape index (κ1) is 34.1. The molecule has 0 amide bonds. The Balaban J connectivity index is 1.02. The average Bonchev–Trinajstić information content (AvgIpc) is 3.18. The Hall–Kier alpha value is -6.18. The second-order valence-electron chi connectivity index (χ2n) is 18.9. The zero-order chi connectivity index (χ0) is 39.1. The number of nitrogens with zero attached hydrogens (tertiary/aromatic N) is 1. The van der Waals surface area contributed by atoms with Crippen molar-refractivity contribution in [1.29, 1.82) is 0 Å². The van der Waals surface area contributed by atoms with Crippen molar-refractivity contribution in [3.05, 3.63) is 162 Å². The SMILES string of the molecule is Cc1cccc(C)c1N(c1ccc2cc3c(cc2c1)-c1cc2cc(C(C)(C)C)ccc2cc1-3)c1ccc2cc3c(cc2c1)-c1cc2cc(C(C)(C)C)ccc2cc1-3. The summed E-state index contributed by atoms with van der Waals surface area (Å²) in [5.41, 5.74) is 19.9. The summed E-state index contributed by atoms with van der Waals surface area (Å²) in [5, 5.41) is 10.3. The summed E-state index contributed by atoms with van der Waals surface area (Å²) in [6.45, 7) is 18.2. The van der Waals surface area contributed by atoms with Gasteiger partial charge in [0.25, 0.3) is 0 Å². The van der Waals surface area contributed by atoms with Gasteiger partial charge in [-0.2, -0.15) is 0 Å². The van der Waals surface area contributed by atoms with Gasteiger partial charge in [0, 0.05) is 11.4 Å². The van der Waals surface area contributed by atoms with Crippen molar-refractivity contribution in [2.24, 2.45) is 0 Å². The monoisotopic (exact) mass is 733 g/mol. The summed E-state index contributed by atoms with van der Waals surface area (Å²) in [5.74, 6) is 0. The maximum Gasteiger partial charge on any atom is 0.0519 e. The zero-order valence-corrected chi connectivity index (χ0v) is 34.2. The van der Waals surface area contributed by atoms with E-state index >= 15 is 0 Å². The van der Waals surface area contributed by atoms with Crippen LogP contribution in [-0.2, 0) is 10.8 Å². The molecule has 0 bridgehead atoms. The largest absolute Gasteiger partial charge is 0.310 e. The molecule has 9 aromatic rings. The molecule has 0 atom stereocenters. The van der Waals surface area contributed by atoms with Crippen molar-refractivity contribution in [1.82, 2.24) is 0 Å². The van der Waals surface area contributed by atoms with E-state index in [0.717, 1.165) is 0 Å².